The fourth-order valence-corrected chi connectivity index (χ4v) is 3.09. The summed E-state index contributed by atoms with van der Waals surface area (Å²) in [6, 6.07) is 6.52. The monoisotopic (exact) mass is 294 g/mol. The highest BCUT2D eigenvalue weighted by Gasteiger charge is 2.45. The van der Waals surface area contributed by atoms with Crippen molar-refractivity contribution in [1.82, 2.24) is 0 Å². The Morgan fingerprint density at radius 3 is 2.43 bits per heavy atom. The lowest BCUT2D eigenvalue weighted by Gasteiger charge is -2.51. The minimum atomic E-state index is -1.01. The van der Waals surface area contributed by atoms with Gasteiger partial charge in [0, 0.05) is 24.6 Å². The molecule has 1 heterocycles. The topological polar surface area (TPSA) is 52.2 Å². The zero-order valence-corrected chi connectivity index (χ0v) is 12.9. The number of carbonyl (C=O) groups is 1. The highest BCUT2D eigenvalue weighted by molar-refractivity contribution is 5.55. The van der Waals surface area contributed by atoms with Crippen molar-refractivity contribution >= 4 is 11.8 Å². The smallest absolute Gasteiger partial charge is 0.257 e. The van der Waals surface area contributed by atoms with E-state index in [0.29, 0.717) is 13.1 Å². The summed E-state index contributed by atoms with van der Waals surface area (Å²) in [7, 11) is 0. The Morgan fingerprint density at radius 2 is 1.95 bits per heavy atom. The van der Waals surface area contributed by atoms with Gasteiger partial charge in [0.25, 0.3) is 6.09 Å². The molecule has 0 radical (unpaired) electrons. The number of halogens is 1. The Bertz CT molecular complexity index is 517. The average Bonchev–Trinajstić information content (AvgIpc) is 2.38. The van der Waals surface area contributed by atoms with E-state index < -0.39 is 6.09 Å². The van der Waals surface area contributed by atoms with Crippen LogP contribution in [0.2, 0.25) is 0 Å². The van der Waals surface area contributed by atoms with Gasteiger partial charge in [-0.3, -0.25) is 4.48 Å². The molecule has 0 aromatic heterocycles. The van der Waals surface area contributed by atoms with E-state index in [1.54, 1.807) is 6.07 Å². The van der Waals surface area contributed by atoms with Crippen LogP contribution >= 0.6 is 0 Å². The first-order chi connectivity index (χ1) is 9.74. The summed E-state index contributed by atoms with van der Waals surface area (Å²) in [6.07, 6.45) is 0.440. The van der Waals surface area contributed by atoms with Gasteiger partial charge in [-0.2, -0.15) is 0 Å². The molecule has 1 fully saturated rings. The lowest BCUT2D eigenvalue weighted by molar-refractivity contribution is -0.923. The molecule has 1 aliphatic rings. The summed E-state index contributed by atoms with van der Waals surface area (Å²) in [5.41, 5.74) is 0.354. The van der Waals surface area contributed by atoms with E-state index in [9.17, 15) is 14.3 Å². The third-order valence-electron chi connectivity index (χ3n) is 4.55. The van der Waals surface area contributed by atoms with Crippen LogP contribution in [0.4, 0.5) is 14.9 Å². The summed E-state index contributed by atoms with van der Waals surface area (Å²) < 4.78 is 13.2. The molecule has 1 aliphatic heterocycles. The quantitative estimate of drug-likeness (QED) is 0.852. The first-order valence-electron chi connectivity index (χ1n) is 7.35. The maximum Gasteiger partial charge on any atom is 0.257 e. The lowest BCUT2D eigenvalue weighted by atomic mass is 9.93. The third-order valence-corrected chi connectivity index (χ3v) is 4.55. The molecule has 1 aromatic rings. The molecule has 0 atom stereocenters. The van der Waals surface area contributed by atoms with E-state index >= 15 is 0 Å². The molecule has 0 saturated carbocycles. The highest BCUT2D eigenvalue weighted by atomic mass is 19.1. The fourth-order valence-electron chi connectivity index (χ4n) is 3.09. The second-order valence-electron chi connectivity index (χ2n) is 6.78. The van der Waals surface area contributed by atoms with Crippen molar-refractivity contribution in [2.75, 3.05) is 18.4 Å². The number of rotatable bonds is 2. The number of amides is 1. The maximum absolute atomic E-state index is 13.2. The van der Waals surface area contributed by atoms with Crippen LogP contribution in [0.5, 0.6) is 0 Å². The van der Waals surface area contributed by atoms with Gasteiger partial charge in [0.1, 0.15) is 5.82 Å². The number of piperidine rings is 1. The minimum absolute atomic E-state index is 0.0195. The molecule has 5 heteroatoms. The largest absolute Gasteiger partial charge is 0.498 e. The molecule has 1 aromatic carbocycles. The molecule has 116 valence electrons. The Labute approximate surface area is 125 Å². The molecule has 0 bridgehead atoms. The second kappa shape index (κ2) is 5.64. The van der Waals surface area contributed by atoms with Gasteiger partial charge in [0.05, 0.1) is 18.6 Å². The van der Waals surface area contributed by atoms with Crippen molar-refractivity contribution in [3.05, 3.63) is 30.1 Å². The van der Waals surface area contributed by atoms with Gasteiger partial charge in [0.15, 0.2) is 0 Å². The average molecular weight is 294 g/mol. The number of likely N-dealkylation sites (tertiary alicyclic amines) is 1. The third kappa shape index (κ3) is 3.18. The van der Waals surface area contributed by atoms with E-state index in [2.05, 4.69) is 5.32 Å². The highest BCUT2D eigenvalue weighted by Crippen LogP contribution is 2.31. The summed E-state index contributed by atoms with van der Waals surface area (Å²) >= 11 is 0. The van der Waals surface area contributed by atoms with Crippen LogP contribution in [0.1, 0.15) is 33.6 Å². The number of hydrogen-bond donors (Lipinski definition) is 1. The van der Waals surface area contributed by atoms with Crippen LogP contribution in [0.15, 0.2) is 24.3 Å². The van der Waals surface area contributed by atoms with Gasteiger partial charge in [-0.05, 0) is 39.0 Å². The Balaban J connectivity index is 2.04. The second-order valence-corrected chi connectivity index (χ2v) is 6.78. The number of nitrogens with zero attached hydrogens (tertiary/aromatic N) is 1. The molecule has 0 aliphatic carbocycles. The number of anilines is 1. The zero-order valence-electron chi connectivity index (χ0n) is 12.9. The van der Waals surface area contributed by atoms with Gasteiger partial charge in [-0.1, -0.05) is 6.07 Å². The molecule has 2 rings (SSSR count). The predicted molar refractivity (Wildman–Crippen MR) is 78.2 cm³/mol. The van der Waals surface area contributed by atoms with Crippen LogP contribution < -0.4 is 10.4 Å². The number of quaternary nitrogens is 1. The van der Waals surface area contributed by atoms with E-state index in [1.807, 2.05) is 26.8 Å². The molecule has 21 heavy (non-hydrogen) atoms. The van der Waals surface area contributed by atoms with Gasteiger partial charge in [-0.25, -0.2) is 4.39 Å². The van der Waals surface area contributed by atoms with Crippen molar-refractivity contribution in [1.29, 1.82) is 0 Å². The Hall–Kier alpha value is -1.62. The van der Waals surface area contributed by atoms with Crippen LogP contribution in [0.3, 0.4) is 0 Å². The summed E-state index contributed by atoms with van der Waals surface area (Å²) in [5.74, 6) is -0.273. The SMILES string of the molecule is CC(C)(C)[N+]1(C(=O)[O-])CCC(Nc2cccc(F)c2)CC1. The molecule has 0 unspecified atom stereocenters. The van der Waals surface area contributed by atoms with Gasteiger partial charge < -0.3 is 15.2 Å². The van der Waals surface area contributed by atoms with Gasteiger partial charge in [-0.15, -0.1) is 0 Å². The van der Waals surface area contributed by atoms with Gasteiger partial charge >= 0.3 is 0 Å². The molecular formula is C16H23FN2O2. The Kier molecular flexibility index (Phi) is 4.23. The molecule has 1 amide bonds. The first kappa shape index (κ1) is 15.8. The van der Waals surface area contributed by atoms with Crippen LogP contribution in [0, 0.1) is 5.82 Å². The van der Waals surface area contributed by atoms with Crippen LogP contribution in [0.25, 0.3) is 0 Å². The van der Waals surface area contributed by atoms with E-state index in [1.165, 1.54) is 12.1 Å². The van der Waals surface area contributed by atoms with Crippen molar-refractivity contribution in [3.8, 4) is 0 Å². The van der Waals surface area contributed by atoms with Crippen molar-refractivity contribution in [3.63, 3.8) is 0 Å². The van der Waals surface area contributed by atoms with Crippen molar-refractivity contribution < 1.29 is 18.8 Å². The van der Waals surface area contributed by atoms with Crippen molar-refractivity contribution in [2.24, 2.45) is 0 Å². The predicted octanol–water partition coefficient (Wildman–Crippen LogP) is 2.36. The van der Waals surface area contributed by atoms with E-state index in [4.69, 9.17) is 0 Å². The standard InChI is InChI=1S/C16H23FN2O2/c1-16(2,3)19(15(20)21)9-7-13(8-10-19)18-14-6-4-5-12(17)11-14/h4-6,11,13,18H,7-10H2,1-3H3. The molecular weight excluding hydrogens is 271 g/mol. The number of nitrogens with one attached hydrogen (secondary N) is 1. The number of hydrogen-bond acceptors (Lipinski definition) is 3. The lowest BCUT2D eigenvalue weighted by Crippen LogP contribution is -2.70. The van der Waals surface area contributed by atoms with E-state index in [0.717, 1.165) is 18.5 Å². The number of carbonyl (C=O) groups excluding carboxylic acids is 1. The number of carboxylic acid groups (broad SMARTS) is 1. The van der Waals surface area contributed by atoms with Gasteiger partial charge in [0.2, 0.25) is 0 Å². The molecule has 4 nitrogen and oxygen atoms in total. The normalized spacial score (nSPS) is 26.4. The fraction of sp³-hybridized carbons (Fsp3) is 0.562. The number of benzene rings is 1. The first-order valence-corrected chi connectivity index (χ1v) is 7.35. The summed E-state index contributed by atoms with van der Waals surface area (Å²) in [6.45, 7) is 6.85. The molecule has 1 N–H and O–H groups in total. The summed E-state index contributed by atoms with van der Waals surface area (Å²) in [5, 5.41) is 14.9. The van der Waals surface area contributed by atoms with Crippen molar-refractivity contribution in [2.45, 2.75) is 45.2 Å². The Morgan fingerprint density at radius 1 is 1.33 bits per heavy atom. The minimum Gasteiger partial charge on any atom is -0.498 e. The van der Waals surface area contributed by atoms with Crippen LogP contribution in [-0.2, 0) is 0 Å². The zero-order chi connectivity index (χ0) is 15.7. The van der Waals surface area contributed by atoms with E-state index in [-0.39, 0.29) is 21.9 Å². The molecule has 1 saturated heterocycles. The van der Waals surface area contributed by atoms with Crippen LogP contribution in [-0.4, -0.2) is 35.2 Å². The summed E-state index contributed by atoms with van der Waals surface area (Å²) in [4.78, 5) is 11.6. The maximum atomic E-state index is 13.2. The molecule has 0 spiro atoms.